The molecule has 0 amide bonds. The predicted octanol–water partition coefficient (Wildman–Crippen LogP) is 2.39. The number of hydrogen-bond acceptors (Lipinski definition) is 3. The van der Waals surface area contributed by atoms with Gasteiger partial charge in [-0.15, -0.1) is 0 Å². The van der Waals surface area contributed by atoms with E-state index < -0.39 is 5.82 Å². The zero-order valence-electron chi connectivity index (χ0n) is 10.8. The van der Waals surface area contributed by atoms with Crippen molar-refractivity contribution in [1.82, 2.24) is 19.3 Å². The summed E-state index contributed by atoms with van der Waals surface area (Å²) in [4.78, 5) is 4.20. The summed E-state index contributed by atoms with van der Waals surface area (Å²) in [5.74, 6) is -0.118. The molecule has 0 unspecified atom stereocenters. The van der Waals surface area contributed by atoms with E-state index in [4.69, 9.17) is 17.3 Å². The number of halogens is 2. The van der Waals surface area contributed by atoms with Crippen LogP contribution in [0.15, 0.2) is 24.5 Å². The monoisotopic (exact) mass is 293 g/mol. The summed E-state index contributed by atoms with van der Waals surface area (Å²) in [6.07, 6.45) is 4.48. The molecule has 0 aliphatic carbocycles. The normalized spacial score (nSPS) is 11.3. The molecular formula is C13H13ClFN5. The van der Waals surface area contributed by atoms with E-state index in [0.29, 0.717) is 23.5 Å². The van der Waals surface area contributed by atoms with Gasteiger partial charge < -0.3 is 10.3 Å². The third-order valence-electron chi connectivity index (χ3n) is 3.20. The number of fused-ring (bicyclic) bond motifs is 1. The predicted molar refractivity (Wildman–Crippen MR) is 76.0 cm³/mol. The van der Waals surface area contributed by atoms with Gasteiger partial charge in [0, 0.05) is 25.9 Å². The van der Waals surface area contributed by atoms with E-state index in [1.54, 1.807) is 15.4 Å². The van der Waals surface area contributed by atoms with Gasteiger partial charge in [0.05, 0.1) is 22.3 Å². The van der Waals surface area contributed by atoms with Crippen LogP contribution >= 0.6 is 11.6 Å². The molecule has 0 fully saturated rings. The fourth-order valence-electron chi connectivity index (χ4n) is 2.22. The van der Waals surface area contributed by atoms with Crippen LogP contribution in [-0.4, -0.2) is 19.3 Å². The SMILES string of the molecule is Cn1cc(CCn2c(N)nc3cc(Cl)c(F)cc32)cn1. The first kappa shape index (κ1) is 12.9. The minimum atomic E-state index is -0.471. The number of rotatable bonds is 3. The van der Waals surface area contributed by atoms with Gasteiger partial charge in [0.2, 0.25) is 5.95 Å². The van der Waals surface area contributed by atoms with E-state index in [2.05, 4.69) is 10.1 Å². The Morgan fingerprint density at radius 2 is 2.20 bits per heavy atom. The molecule has 3 aromatic rings. The number of nitrogens with two attached hydrogens (primary N) is 1. The highest BCUT2D eigenvalue weighted by atomic mass is 35.5. The second-order valence-electron chi connectivity index (χ2n) is 4.65. The Kier molecular flexibility index (Phi) is 3.10. The molecule has 0 bridgehead atoms. The lowest BCUT2D eigenvalue weighted by Crippen LogP contribution is -2.05. The maximum Gasteiger partial charge on any atom is 0.201 e. The van der Waals surface area contributed by atoms with Crippen LogP contribution in [0, 0.1) is 5.82 Å². The van der Waals surface area contributed by atoms with Crippen molar-refractivity contribution in [3.8, 4) is 0 Å². The third-order valence-corrected chi connectivity index (χ3v) is 3.49. The zero-order chi connectivity index (χ0) is 14.3. The van der Waals surface area contributed by atoms with E-state index in [9.17, 15) is 4.39 Å². The van der Waals surface area contributed by atoms with Gasteiger partial charge >= 0.3 is 0 Å². The molecule has 0 aliphatic rings. The van der Waals surface area contributed by atoms with Gasteiger partial charge in [0.1, 0.15) is 5.82 Å². The van der Waals surface area contributed by atoms with Gasteiger partial charge in [0.25, 0.3) is 0 Å². The largest absolute Gasteiger partial charge is 0.369 e. The van der Waals surface area contributed by atoms with Gasteiger partial charge in [-0.25, -0.2) is 9.37 Å². The van der Waals surface area contributed by atoms with Gasteiger partial charge in [-0.05, 0) is 18.1 Å². The van der Waals surface area contributed by atoms with Crippen molar-refractivity contribution in [3.05, 3.63) is 40.9 Å². The minimum absolute atomic E-state index is 0.0504. The van der Waals surface area contributed by atoms with Crippen molar-refractivity contribution in [3.63, 3.8) is 0 Å². The summed E-state index contributed by atoms with van der Waals surface area (Å²) in [6.45, 7) is 0.606. The van der Waals surface area contributed by atoms with Gasteiger partial charge in [-0.3, -0.25) is 4.68 Å². The second kappa shape index (κ2) is 4.79. The first-order valence-electron chi connectivity index (χ1n) is 6.13. The summed E-state index contributed by atoms with van der Waals surface area (Å²) >= 11 is 5.75. The van der Waals surface area contributed by atoms with Crippen LogP contribution < -0.4 is 5.73 Å². The summed E-state index contributed by atoms with van der Waals surface area (Å²) in [7, 11) is 1.86. The molecule has 0 spiro atoms. The van der Waals surface area contributed by atoms with Crippen molar-refractivity contribution in [2.45, 2.75) is 13.0 Å². The molecule has 0 radical (unpaired) electrons. The number of imidazole rings is 1. The molecule has 104 valence electrons. The molecule has 0 saturated carbocycles. The molecule has 2 N–H and O–H groups in total. The Hall–Kier alpha value is -2.08. The molecule has 0 aliphatic heterocycles. The molecule has 0 saturated heterocycles. The molecule has 3 rings (SSSR count). The number of aromatic nitrogens is 4. The number of nitrogens with zero attached hydrogens (tertiary/aromatic N) is 4. The maximum absolute atomic E-state index is 13.6. The van der Waals surface area contributed by atoms with E-state index in [0.717, 1.165) is 12.0 Å². The molecule has 2 aromatic heterocycles. The standard InChI is InChI=1S/C13H13ClFN5/c1-19-7-8(6-17-19)2-3-20-12-5-10(15)9(14)4-11(12)18-13(20)16/h4-7H,2-3H2,1H3,(H2,16,18). The molecule has 1 aromatic carbocycles. The van der Waals surface area contributed by atoms with Crippen molar-refractivity contribution < 1.29 is 4.39 Å². The molecule has 5 nitrogen and oxygen atoms in total. The van der Waals surface area contributed by atoms with Crippen molar-refractivity contribution in [2.75, 3.05) is 5.73 Å². The van der Waals surface area contributed by atoms with Crippen molar-refractivity contribution in [2.24, 2.45) is 7.05 Å². The van der Waals surface area contributed by atoms with Crippen molar-refractivity contribution >= 4 is 28.6 Å². The zero-order valence-corrected chi connectivity index (χ0v) is 11.6. The minimum Gasteiger partial charge on any atom is -0.369 e. The Balaban J connectivity index is 1.94. The van der Waals surface area contributed by atoms with Crippen LogP contribution in [-0.2, 0) is 20.0 Å². The highest BCUT2D eigenvalue weighted by Crippen LogP contribution is 2.24. The Morgan fingerprint density at radius 3 is 2.90 bits per heavy atom. The summed E-state index contributed by atoms with van der Waals surface area (Å²) in [6, 6.07) is 2.85. The molecular weight excluding hydrogens is 281 g/mol. The summed E-state index contributed by atoms with van der Waals surface area (Å²) < 4.78 is 17.1. The van der Waals surface area contributed by atoms with Crippen LogP contribution in [0.1, 0.15) is 5.56 Å². The number of nitrogen functional groups attached to an aromatic ring is 1. The fraction of sp³-hybridized carbons (Fsp3) is 0.231. The smallest absolute Gasteiger partial charge is 0.201 e. The molecule has 0 atom stereocenters. The Morgan fingerprint density at radius 1 is 1.40 bits per heavy atom. The van der Waals surface area contributed by atoms with E-state index in [-0.39, 0.29) is 5.02 Å². The summed E-state index contributed by atoms with van der Waals surface area (Å²) in [5, 5.41) is 4.16. The lowest BCUT2D eigenvalue weighted by molar-refractivity contribution is 0.628. The fourth-order valence-corrected chi connectivity index (χ4v) is 2.37. The van der Waals surface area contributed by atoms with Gasteiger partial charge in [-0.1, -0.05) is 11.6 Å². The average Bonchev–Trinajstić information content (AvgIpc) is 2.92. The van der Waals surface area contributed by atoms with Crippen LogP contribution in [0.25, 0.3) is 11.0 Å². The third kappa shape index (κ3) is 2.22. The number of aryl methyl sites for hydroxylation is 3. The van der Waals surface area contributed by atoms with Crippen LogP contribution in [0.3, 0.4) is 0 Å². The topological polar surface area (TPSA) is 61.7 Å². The van der Waals surface area contributed by atoms with Crippen molar-refractivity contribution in [1.29, 1.82) is 0 Å². The molecule has 2 heterocycles. The van der Waals surface area contributed by atoms with Gasteiger partial charge in [-0.2, -0.15) is 5.10 Å². The van der Waals surface area contributed by atoms with Crippen LogP contribution in [0.5, 0.6) is 0 Å². The number of anilines is 1. The Bertz CT molecular complexity index is 777. The van der Waals surface area contributed by atoms with E-state index in [1.807, 2.05) is 13.2 Å². The molecule has 7 heteroatoms. The second-order valence-corrected chi connectivity index (χ2v) is 5.06. The quantitative estimate of drug-likeness (QED) is 0.806. The number of hydrogen-bond donors (Lipinski definition) is 1. The van der Waals surface area contributed by atoms with Crippen LogP contribution in [0.4, 0.5) is 10.3 Å². The maximum atomic E-state index is 13.6. The summed E-state index contributed by atoms with van der Waals surface area (Å²) in [5.41, 5.74) is 8.22. The first-order chi connectivity index (χ1) is 9.54. The van der Waals surface area contributed by atoms with Gasteiger partial charge in [0.15, 0.2) is 0 Å². The highest BCUT2D eigenvalue weighted by Gasteiger charge is 2.12. The van der Waals surface area contributed by atoms with E-state index in [1.165, 1.54) is 12.1 Å². The lowest BCUT2D eigenvalue weighted by Gasteiger charge is -2.05. The number of benzene rings is 1. The average molecular weight is 294 g/mol. The highest BCUT2D eigenvalue weighted by molar-refractivity contribution is 6.31. The lowest BCUT2D eigenvalue weighted by atomic mass is 10.2. The van der Waals surface area contributed by atoms with Crippen LogP contribution in [0.2, 0.25) is 5.02 Å². The molecule has 20 heavy (non-hydrogen) atoms. The Labute approximate surface area is 119 Å². The van der Waals surface area contributed by atoms with E-state index >= 15 is 0 Å². The first-order valence-corrected chi connectivity index (χ1v) is 6.50.